The van der Waals surface area contributed by atoms with Gasteiger partial charge in [0, 0.05) is 10.6 Å². The summed E-state index contributed by atoms with van der Waals surface area (Å²) >= 11 is 1.81. The van der Waals surface area contributed by atoms with Crippen LogP contribution in [0.3, 0.4) is 0 Å². The second kappa shape index (κ2) is 6.19. The van der Waals surface area contributed by atoms with E-state index in [4.69, 9.17) is 5.11 Å². The van der Waals surface area contributed by atoms with E-state index in [1.165, 1.54) is 10.5 Å². The highest BCUT2D eigenvalue weighted by Gasteiger charge is 2.00. The lowest BCUT2D eigenvalue weighted by atomic mass is 10.0. The van der Waals surface area contributed by atoms with Gasteiger partial charge in [-0.05, 0) is 37.0 Å². The summed E-state index contributed by atoms with van der Waals surface area (Å²) in [6, 6.07) is 8.72. The Bertz CT molecular complexity index is 277. The zero-order valence-corrected chi connectivity index (χ0v) is 10.6. The van der Waals surface area contributed by atoms with Gasteiger partial charge in [0.15, 0.2) is 0 Å². The smallest absolute Gasteiger partial charge is 0.0520 e. The lowest BCUT2D eigenvalue weighted by Gasteiger charge is -2.07. The van der Waals surface area contributed by atoms with Crippen molar-refractivity contribution < 1.29 is 5.11 Å². The van der Waals surface area contributed by atoms with E-state index in [1.807, 2.05) is 18.7 Å². The molecule has 1 atom stereocenters. The molecule has 1 N–H and O–H groups in total. The van der Waals surface area contributed by atoms with Crippen LogP contribution in [-0.4, -0.2) is 17.0 Å². The van der Waals surface area contributed by atoms with Crippen LogP contribution in [0.1, 0.15) is 38.7 Å². The third-order valence-electron chi connectivity index (χ3n) is 2.35. The Morgan fingerprint density at radius 3 is 2.20 bits per heavy atom. The van der Waals surface area contributed by atoms with E-state index in [-0.39, 0.29) is 6.10 Å². The molecule has 0 aliphatic rings. The minimum atomic E-state index is -0.188. The number of benzene rings is 1. The SMILES string of the molecule is CC(O)CCSc1ccc(C(C)C)cc1. The molecule has 84 valence electrons. The van der Waals surface area contributed by atoms with Crippen molar-refractivity contribution in [3.05, 3.63) is 29.8 Å². The maximum absolute atomic E-state index is 9.13. The van der Waals surface area contributed by atoms with E-state index < -0.39 is 0 Å². The van der Waals surface area contributed by atoms with Gasteiger partial charge in [0.1, 0.15) is 0 Å². The van der Waals surface area contributed by atoms with Gasteiger partial charge in [-0.1, -0.05) is 26.0 Å². The summed E-state index contributed by atoms with van der Waals surface area (Å²) in [5.41, 5.74) is 1.38. The van der Waals surface area contributed by atoms with Crippen LogP contribution in [0.4, 0.5) is 0 Å². The van der Waals surface area contributed by atoms with E-state index in [1.54, 1.807) is 0 Å². The Labute approximate surface area is 96.9 Å². The lowest BCUT2D eigenvalue weighted by Crippen LogP contribution is -2.00. The summed E-state index contributed by atoms with van der Waals surface area (Å²) in [4.78, 5) is 1.29. The van der Waals surface area contributed by atoms with E-state index >= 15 is 0 Å². The van der Waals surface area contributed by atoms with Crippen LogP contribution in [0.25, 0.3) is 0 Å². The van der Waals surface area contributed by atoms with Gasteiger partial charge >= 0.3 is 0 Å². The van der Waals surface area contributed by atoms with Gasteiger partial charge in [-0.15, -0.1) is 11.8 Å². The Morgan fingerprint density at radius 1 is 1.13 bits per heavy atom. The van der Waals surface area contributed by atoms with Gasteiger partial charge in [-0.2, -0.15) is 0 Å². The average Bonchev–Trinajstić information content (AvgIpc) is 2.18. The maximum atomic E-state index is 9.13. The number of aliphatic hydroxyl groups excluding tert-OH is 1. The molecular weight excluding hydrogens is 204 g/mol. The summed E-state index contributed by atoms with van der Waals surface area (Å²) in [6.07, 6.45) is 0.670. The highest BCUT2D eigenvalue weighted by Crippen LogP contribution is 2.22. The van der Waals surface area contributed by atoms with Crippen LogP contribution in [0.2, 0.25) is 0 Å². The maximum Gasteiger partial charge on any atom is 0.0520 e. The zero-order chi connectivity index (χ0) is 11.3. The molecule has 1 unspecified atom stereocenters. The Hall–Kier alpha value is -0.470. The third-order valence-corrected chi connectivity index (χ3v) is 3.40. The molecule has 2 heteroatoms. The van der Waals surface area contributed by atoms with Crippen molar-refractivity contribution in [1.82, 2.24) is 0 Å². The van der Waals surface area contributed by atoms with Crippen LogP contribution in [0.5, 0.6) is 0 Å². The Balaban J connectivity index is 2.43. The molecule has 0 spiro atoms. The standard InChI is InChI=1S/C13H20OS/c1-10(2)12-4-6-13(7-5-12)15-9-8-11(3)14/h4-7,10-11,14H,8-9H2,1-3H3. The van der Waals surface area contributed by atoms with Crippen molar-refractivity contribution in [2.75, 3.05) is 5.75 Å². The summed E-state index contributed by atoms with van der Waals surface area (Å²) in [5, 5.41) is 9.13. The topological polar surface area (TPSA) is 20.2 Å². The largest absolute Gasteiger partial charge is 0.393 e. The van der Waals surface area contributed by atoms with Crippen molar-refractivity contribution in [2.24, 2.45) is 0 Å². The van der Waals surface area contributed by atoms with Crippen LogP contribution in [0.15, 0.2) is 29.2 Å². The van der Waals surface area contributed by atoms with Crippen molar-refractivity contribution in [1.29, 1.82) is 0 Å². The molecule has 15 heavy (non-hydrogen) atoms. The molecule has 1 rings (SSSR count). The van der Waals surface area contributed by atoms with E-state index in [9.17, 15) is 0 Å². The Morgan fingerprint density at radius 2 is 1.73 bits per heavy atom. The molecule has 0 amide bonds. The number of hydrogen-bond donors (Lipinski definition) is 1. The van der Waals surface area contributed by atoms with Gasteiger partial charge in [0.25, 0.3) is 0 Å². The van der Waals surface area contributed by atoms with Crippen LogP contribution in [-0.2, 0) is 0 Å². The van der Waals surface area contributed by atoms with E-state index in [2.05, 4.69) is 38.1 Å². The second-order valence-corrected chi connectivity index (χ2v) is 5.38. The van der Waals surface area contributed by atoms with Crippen molar-refractivity contribution in [3.8, 4) is 0 Å². The molecule has 0 bridgehead atoms. The van der Waals surface area contributed by atoms with Gasteiger partial charge in [0.05, 0.1) is 6.10 Å². The minimum Gasteiger partial charge on any atom is -0.393 e. The molecule has 0 aliphatic carbocycles. The van der Waals surface area contributed by atoms with Gasteiger partial charge in [-0.3, -0.25) is 0 Å². The number of hydrogen-bond acceptors (Lipinski definition) is 2. The fourth-order valence-corrected chi connectivity index (χ4v) is 2.32. The first kappa shape index (κ1) is 12.6. The summed E-state index contributed by atoms with van der Waals surface area (Å²) < 4.78 is 0. The number of rotatable bonds is 5. The quantitative estimate of drug-likeness (QED) is 0.770. The zero-order valence-electron chi connectivity index (χ0n) is 9.73. The summed E-state index contributed by atoms with van der Waals surface area (Å²) in [6.45, 7) is 6.24. The predicted molar refractivity (Wildman–Crippen MR) is 67.6 cm³/mol. The third kappa shape index (κ3) is 4.72. The van der Waals surface area contributed by atoms with Crippen LogP contribution >= 0.6 is 11.8 Å². The van der Waals surface area contributed by atoms with E-state index in [0.717, 1.165) is 12.2 Å². The first-order chi connectivity index (χ1) is 7.09. The van der Waals surface area contributed by atoms with Crippen molar-refractivity contribution >= 4 is 11.8 Å². The fraction of sp³-hybridized carbons (Fsp3) is 0.538. The second-order valence-electron chi connectivity index (χ2n) is 4.21. The van der Waals surface area contributed by atoms with Gasteiger partial charge in [0.2, 0.25) is 0 Å². The van der Waals surface area contributed by atoms with Crippen molar-refractivity contribution in [3.63, 3.8) is 0 Å². The van der Waals surface area contributed by atoms with E-state index in [0.29, 0.717) is 5.92 Å². The van der Waals surface area contributed by atoms with Gasteiger partial charge < -0.3 is 5.11 Å². The lowest BCUT2D eigenvalue weighted by molar-refractivity contribution is 0.192. The number of aliphatic hydroxyl groups is 1. The first-order valence-electron chi connectivity index (χ1n) is 5.50. The Kier molecular flexibility index (Phi) is 5.20. The molecule has 0 saturated carbocycles. The molecule has 0 saturated heterocycles. The van der Waals surface area contributed by atoms with Gasteiger partial charge in [-0.25, -0.2) is 0 Å². The number of thioether (sulfide) groups is 1. The monoisotopic (exact) mass is 224 g/mol. The minimum absolute atomic E-state index is 0.188. The normalized spacial score (nSPS) is 13.1. The molecule has 0 aliphatic heterocycles. The molecular formula is C13H20OS. The fourth-order valence-electron chi connectivity index (χ4n) is 1.30. The molecule has 0 radical (unpaired) electrons. The average molecular weight is 224 g/mol. The molecule has 0 fully saturated rings. The highest BCUT2D eigenvalue weighted by molar-refractivity contribution is 7.99. The highest BCUT2D eigenvalue weighted by atomic mass is 32.2. The summed E-state index contributed by atoms with van der Waals surface area (Å²) in [7, 11) is 0. The van der Waals surface area contributed by atoms with Crippen LogP contribution in [0, 0.1) is 0 Å². The molecule has 1 nitrogen and oxygen atoms in total. The van der Waals surface area contributed by atoms with Crippen LogP contribution < -0.4 is 0 Å². The molecule has 0 aromatic heterocycles. The predicted octanol–water partition coefficient (Wildman–Crippen LogP) is 3.67. The molecule has 1 aromatic carbocycles. The molecule has 0 heterocycles. The first-order valence-corrected chi connectivity index (χ1v) is 6.49. The molecule has 1 aromatic rings. The van der Waals surface area contributed by atoms with Crippen molar-refractivity contribution in [2.45, 2.75) is 44.1 Å². The summed E-state index contributed by atoms with van der Waals surface area (Å²) in [5.74, 6) is 1.58.